The van der Waals surface area contributed by atoms with Crippen molar-refractivity contribution in [1.29, 1.82) is 0 Å². The molecule has 7 nitrogen and oxygen atoms in total. The Balaban J connectivity index is 1.55. The first-order chi connectivity index (χ1) is 12.1. The maximum Gasteiger partial charge on any atom is 0.274 e. The molecule has 4 rings (SSSR count). The molecule has 0 bridgehead atoms. The fourth-order valence-electron chi connectivity index (χ4n) is 3.90. The van der Waals surface area contributed by atoms with Gasteiger partial charge in [-0.05, 0) is 57.1 Å². The third-order valence-electron chi connectivity index (χ3n) is 5.22. The second-order valence-corrected chi connectivity index (χ2v) is 7.07. The van der Waals surface area contributed by atoms with Crippen LogP contribution in [0.15, 0.2) is 16.9 Å². The number of aromatic amines is 1. The second-order valence-electron chi connectivity index (χ2n) is 7.07. The monoisotopic (exact) mass is 341 g/mol. The zero-order valence-corrected chi connectivity index (χ0v) is 14.5. The number of aryl methyl sites for hydroxylation is 3. The van der Waals surface area contributed by atoms with Crippen LogP contribution in [0.25, 0.3) is 0 Å². The Morgan fingerprint density at radius 3 is 2.92 bits per heavy atom. The van der Waals surface area contributed by atoms with Crippen molar-refractivity contribution in [3.05, 3.63) is 45.1 Å². The molecule has 2 aromatic heterocycles. The van der Waals surface area contributed by atoms with Crippen LogP contribution < -0.4 is 5.56 Å². The molecule has 0 spiro atoms. The fourth-order valence-corrected chi connectivity index (χ4v) is 3.90. The van der Waals surface area contributed by atoms with Gasteiger partial charge in [-0.3, -0.25) is 14.7 Å². The predicted molar refractivity (Wildman–Crippen MR) is 92.5 cm³/mol. The summed E-state index contributed by atoms with van der Waals surface area (Å²) in [7, 11) is 0. The number of carbonyl (C=O) groups excluding carboxylic acids is 1. The van der Waals surface area contributed by atoms with Crippen LogP contribution in [-0.4, -0.2) is 43.4 Å². The lowest BCUT2D eigenvalue weighted by Gasteiger charge is -2.25. The normalized spacial score (nSPS) is 19.9. The number of amides is 1. The molecule has 132 valence electrons. The highest BCUT2D eigenvalue weighted by molar-refractivity contribution is 5.92. The van der Waals surface area contributed by atoms with Crippen LogP contribution in [0.3, 0.4) is 0 Å². The second kappa shape index (κ2) is 6.46. The van der Waals surface area contributed by atoms with Crippen LogP contribution in [0.1, 0.15) is 53.1 Å². The van der Waals surface area contributed by atoms with Gasteiger partial charge in [0.25, 0.3) is 11.5 Å². The van der Waals surface area contributed by atoms with Crippen LogP contribution in [0.5, 0.6) is 0 Å². The van der Waals surface area contributed by atoms with Crippen LogP contribution in [0, 0.1) is 6.92 Å². The first-order valence-electron chi connectivity index (χ1n) is 9.05. The fraction of sp³-hybridized carbons (Fsp3) is 0.556. The maximum atomic E-state index is 12.7. The zero-order chi connectivity index (χ0) is 17.4. The smallest absolute Gasteiger partial charge is 0.274 e. The highest BCUT2D eigenvalue weighted by Gasteiger charge is 2.31. The van der Waals surface area contributed by atoms with Crippen molar-refractivity contribution < 1.29 is 4.79 Å². The number of nitrogens with one attached hydrogen (secondary N) is 1. The SMILES string of the molecule is Cc1cc(C(=O)N2CCCC2Cn2nc3c(cc2=O)CCCC3)n[nH]1. The molecule has 1 amide bonds. The molecule has 2 aliphatic rings. The molecule has 1 saturated heterocycles. The first-order valence-corrected chi connectivity index (χ1v) is 9.05. The molecule has 1 N–H and O–H groups in total. The Morgan fingerprint density at radius 1 is 1.28 bits per heavy atom. The van der Waals surface area contributed by atoms with Gasteiger partial charge in [0.05, 0.1) is 18.3 Å². The molecule has 1 unspecified atom stereocenters. The molecule has 1 aliphatic carbocycles. The van der Waals surface area contributed by atoms with Gasteiger partial charge < -0.3 is 4.90 Å². The topological polar surface area (TPSA) is 83.9 Å². The number of aromatic nitrogens is 4. The lowest BCUT2D eigenvalue weighted by atomic mass is 9.97. The number of H-pyrrole nitrogens is 1. The third-order valence-corrected chi connectivity index (χ3v) is 5.22. The summed E-state index contributed by atoms with van der Waals surface area (Å²) < 4.78 is 1.55. The molecule has 0 saturated carbocycles. The largest absolute Gasteiger partial charge is 0.332 e. The quantitative estimate of drug-likeness (QED) is 0.916. The van der Waals surface area contributed by atoms with Crippen molar-refractivity contribution in [2.45, 2.75) is 58.0 Å². The lowest BCUT2D eigenvalue weighted by Crippen LogP contribution is -2.41. The van der Waals surface area contributed by atoms with E-state index in [9.17, 15) is 9.59 Å². The summed E-state index contributed by atoms with van der Waals surface area (Å²) in [5, 5.41) is 11.5. The molecule has 1 fully saturated rings. The minimum atomic E-state index is -0.0714. The predicted octanol–water partition coefficient (Wildman–Crippen LogP) is 1.46. The van der Waals surface area contributed by atoms with Gasteiger partial charge in [-0.25, -0.2) is 4.68 Å². The molecule has 2 aromatic rings. The molecule has 3 heterocycles. The van der Waals surface area contributed by atoms with Gasteiger partial charge in [-0.2, -0.15) is 10.2 Å². The number of carbonyl (C=O) groups is 1. The molecule has 0 radical (unpaired) electrons. The standard InChI is InChI=1S/C18H23N5O2/c1-12-9-16(20-19-12)18(25)22-8-4-6-14(22)11-23-17(24)10-13-5-2-3-7-15(13)21-23/h9-10,14H,2-8,11H2,1H3,(H,19,20). The minimum Gasteiger partial charge on any atom is -0.332 e. The summed E-state index contributed by atoms with van der Waals surface area (Å²) in [5.41, 5.74) is 3.39. The van der Waals surface area contributed by atoms with Gasteiger partial charge in [-0.15, -0.1) is 0 Å². The van der Waals surface area contributed by atoms with Crippen molar-refractivity contribution in [1.82, 2.24) is 24.9 Å². The van der Waals surface area contributed by atoms with Crippen molar-refractivity contribution >= 4 is 5.91 Å². The van der Waals surface area contributed by atoms with E-state index < -0.39 is 0 Å². The van der Waals surface area contributed by atoms with Crippen LogP contribution in [0.2, 0.25) is 0 Å². The van der Waals surface area contributed by atoms with E-state index in [1.54, 1.807) is 16.8 Å². The number of hydrogen-bond acceptors (Lipinski definition) is 4. The Hall–Kier alpha value is -2.44. The number of rotatable bonds is 3. The van der Waals surface area contributed by atoms with E-state index in [-0.39, 0.29) is 17.5 Å². The highest BCUT2D eigenvalue weighted by Crippen LogP contribution is 2.22. The first kappa shape index (κ1) is 16.1. The lowest BCUT2D eigenvalue weighted by molar-refractivity contribution is 0.0714. The Labute approximate surface area is 146 Å². The summed E-state index contributed by atoms with van der Waals surface area (Å²) in [6.45, 7) is 3.04. The average molecular weight is 341 g/mol. The molecule has 7 heteroatoms. The average Bonchev–Trinajstić information content (AvgIpc) is 3.24. The van der Waals surface area contributed by atoms with Crippen LogP contribution in [0.4, 0.5) is 0 Å². The van der Waals surface area contributed by atoms with Gasteiger partial charge in [0, 0.05) is 18.3 Å². The van der Waals surface area contributed by atoms with Gasteiger partial charge >= 0.3 is 0 Å². The number of fused-ring (bicyclic) bond motifs is 1. The Kier molecular flexibility index (Phi) is 4.15. The summed E-state index contributed by atoms with van der Waals surface area (Å²) in [5.74, 6) is -0.0714. The van der Waals surface area contributed by atoms with Crippen LogP contribution in [-0.2, 0) is 19.4 Å². The molecule has 1 aliphatic heterocycles. The van der Waals surface area contributed by atoms with E-state index in [2.05, 4.69) is 15.3 Å². The third kappa shape index (κ3) is 3.10. The minimum absolute atomic E-state index is 0.00338. The van der Waals surface area contributed by atoms with Crippen molar-refractivity contribution in [2.75, 3.05) is 6.54 Å². The molecule has 1 atom stereocenters. The Morgan fingerprint density at radius 2 is 2.12 bits per heavy atom. The van der Waals surface area contributed by atoms with Crippen molar-refractivity contribution in [3.8, 4) is 0 Å². The van der Waals surface area contributed by atoms with Gasteiger partial charge in [0.1, 0.15) is 5.69 Å². The summed E-state index contributed by atoms with van der Waals surface area (Å²) >= 11 is 0. The molecular formula is C18H23N5O2. The van der Waals surface area contributed by atoms with Crippen molar-refractivity contribution in [2.24, 2.45) is 0 Å². The van der Waals surface area contributed by atoms with Crippen LogP contribution >= 0.6 is 0 Å². The summed E-state index contributed by atoms with van der Waals surface area (Å²) in [4.78, 5) is 27.0. The van der Waals surface area contributed by atoms with E-state index in [1.165, 1.54) is 0 Å². The Bertz CT molecular complexity index is 853. The highest BCUT2D eigenvalue weighted by atomic mass is 16.2. The van der Waals surface area contributed by atoms with E-state index in [1.807, 2.05) is 11.8 Å². The van der Waals surface area contributed by atoms with E-state index in [0.29, 0.717) is 18.8 Å². The maximum absolute atomic E-state index is 12.7. The number of nitrogens with zero attached hydrogens (tertiary/aromatic N) is 4. The van der Waals surface area contributed by atoms with Gasteiger partial charge in [0.15, 0.2) is 0 Å². The van der Waals surface area contributed by atoms with E-state index in [4.69, 9.17) is 0 Å². The molecular weight excluding hydrogens is 318 g/mol. The van der Waals surface area contributed by atoms with E-state index >= 15 is 0 Å². The van der Waals surface area contributed by atoms with E-state index in [0.717, 1.165) is 55.5 Å². The zero-order valence-electron chi connectivity index (χ0n) is 14.5. The van der Waals surface area contributed by atoms with Gasteiger partial charge in [0.2, 0.25) is 0 Å². The van der Waals surface area contributed by atoms with Gasteiger partial charge in [-0.1, -0.05) is 0 Å². The molecule has 0 aromatic carbocycles. The number of likely N-dealkylation sites (tertiary alicyclic amines) is 1. The van der Waals surface area contributed by atoms with Crippen molar-refractivity contribution in [3.63, 3.8) is 0 Å². The molecule has 25 heavy (non-hydrogen) atoms. The summed E-state index contributed by atoms with van der Waals surface area (Å²) in [6.07, 6.45) is 5.98. The number of hydrogen-bond donors (Lipinski definition) is 1. The summed E-state index contributed by atoms with van der Waals surface area (Å²) in [6, 6.07) is 3.50.